The standard InChI is InChI=1S/C19H20N2O4/c1-12(20-10-18(22)23)21-19(24)25-11-17-15-8-4-2-6-13(15)14-7-3-5-9-16(14)17/h2-9,12,17,20H,10-11H2,1H3,(H,21,24)(H,22,23). The van der Waals surface area contributed by atoms with E-state index in [4.69, 9.17) is 9.84 Å². The quantitative estimate of drug-likeness (QED) is 0.704. The number of fused-ring (bicyclic) bond motifs is 3. The van der Waals surface area contributed by atoms with E-state index in [0.717, 1.165) is 11.1 Å². The van der Waals surface area contributed by atoms with Gasteiger partial charge >= 0.3 is 12.1 Å². The maximum absolute atomic E-state index is 12.0. The molecule has 0 radical (unpaired) electrons. The SMILES string of the molecule is CC(NCC(=O)O)NC(=O)OCC1c2ccccc2-c2ccccc21. The Bertz CT molecular complexity index is 745. The molecule has 130 valence electrons. The molecular weight excluding hydrogens is 320 g/mol. The average Bonchev–Trinajstić information content (AvgIpc) is 2.92. The van der Waals surface area contributed by atoms with E-state index in [1.54, 1.807) is 6.92 Å². The number of alkyl carbamates (subject to hydrolysis) is 1. The third-order valence-electron chi connectivity index (χ3n) is 4.24. The molecule has 1 amide bonds. The van der Waals surface area contributed by atoms with Crippen LogP contribution in [0.3, 0.4) is 0 Å². The summed E-state index contributed by atoms with van der Waals surface area (Å²) >= 11 is 0. The molecular formula is C19H20N2O4. The Morgan fingerprint density at radius 1 is 1.08 bits per heavy atom. The Morgan fingerprint density at radius 2 is 1.64 bits per heavy atom. The number of carbonyl (C=O) groups is 2. The summed E-state index contributed by atoms with van der Waals surface area (Å²) in [6.07, 6.45) is -1.07. The van der Waals surface area contributed by atoms with Crippen LogP contribution in [0.2, 0.25) is 0 Å². The van der Waals surface area contributed by atoms with Crippen LogP contribution in [-0.4, -0.2) is 36.5 Å². The number of nitrogens with one attached hydrogen (secondary N) is 2. The Morgan fingerprint density at radius 3 is 2.20 bits per heavy atom. The molecule has 0 aliphatic heterocycles. The molecule has 1 atom stereocenters. The van der Waals surface area contributed by atoms with Crippen LogP contribution < -0.4 is 10.6 Å². The number of carboxylic acid groups (broad SMARTS) is 1. The van der Waals surface area contributed by atoms with Gasteiger partial charge in [0.25, 0.3) is 0 Å². The number of hydrogen-bond acceptors (Lipinski definition) is 4. The number of hydrogen-bond donors (Lipinski definition) is 3. The summed E-state index contributed by atoms with van der Waals surface area (Å²) < 4.78 is 5.38. The molecule has 0 heterocycles. The minimum absolute atomic E-state index is 0.000403. The number of amides is 1. The molecule has 0 saturated heterocycles. The number of rotatable bonds is 6. The predicted octanol–water partition coefficient (Wildman–Crippen LogP) is 2.55. The lowest BCUT2D eigenvalue weighted by molar-refractivity contribution is -0.136. The van der Waals surface area contributed by atoms with Gasteiger partial charge in [-0.1, -0.05) is 48.5 Å². The van der Waals surface area contributed by atoms with Gasteiger partial charge in [-0.25, -0.2) is 4.79 Å². The van der Waals surface area contributed by atoms with Gasteiger partial charge in [-0.2, -0.15) is 0 Å². The van der Waals surface area contributed by atoms with E-state index < -0.39 is 18.2 Å². The van der Waals surface area contributed by atoms with Crippen molar-refractivity contribution in [1.29, 1.82) is 0 Å². The van der Waals surface area contributed by atoms with Crippen LogP contribution >= 0.6 is 0 Å². The smallest absolute Gasteiger partial charge is 0.408 e. The molecule has 6 heteroatoms. The summed E-state index contributed by atoms with van der Waals surface area (Å²) in [7, 11) is 0. The Kier molecular flexibility index (Phi) is 5.00. The monoisotopic (exact) mass is 340 g/mol. The van der Waals surface area contributed by atoms with E-state index in [9.17, 15) is 9.59 Å². The average molecular weight is 340 g/mol. The van der Waals surface area contributed by atoms with Gasteiger partial charge in [-0.05, 0) is 29.2 Å². The fourth-order valence-corrected chi connectivity index (χ4v) is 3.11. The van der Waals surface area contributed by atoms with Gasteiger partial charge in [0.15, 0.2) is 0 Å². The van der Waals surface area contributed by atoms with Gasteiger partial charge in [0.1, 0.15) is 6.61 Å². The van der Waals surface area contributed by atoms with Gasteiger partial charge in [0.2, 0.25) is 0 Å². The zero-order valence-electron chi connectivity index (χ0n) is 13.9. The Labute approximate surface area is 145 Å². The number of carbonyl (C=O) groups excluding carboxylic acids is 1. The molecule has 3 N–H and O–H groups in total. The molecule has 0 aromatic heterocycles. The van der Waals surface area contributed by atoms with Gasteiger partial charge in [-0.3, -0.25) is 10.1 Å². The van der Waals surface area contributed by atoms with Crippen LogP contribution in [0.15, 0.2) is 48.5 Å². The molecule has 0 saturated carbocycles. The van der Waals surface area contributed by atoms with Crippen molar-refractivity contribution < 1.29 is 19.4 Å². The lowest BCUT2D eigenvalue weighted by atomic mass is 9.98. The summed E-state index contributed by atoms with van der Waals surface area (Å²) in [5.74, 6) is -0.985. The number of ether oxygens (including phenoxy) is 1. The fraction of sp³-hybridized carbons (Fsp3) is 0.263. The molecule has 1 aliphatic carbocycles. The van der Waals surface area contributed by atoms with E-state index in [-0.39, 0.29) is 19.1 Å². The van der Waals surface area contributed by atoms with Crippen LogP contribution in [-0.2, 0) is 9.53 Å². The van der Waals surface area contributed by atoms with Crippen LogP contribution in [0.1, 0.15) is 24.0 Å². The third kappa shape index (κ3) is 3.80. The van der Waals surface area contributed by atoms with Gasteiger partial charge in [-0.15, -0.1) is 0 Å². The minimum Gasteiger partial charge on any atom is -0.480 e. The molecule has 3 rings (SSSR count). The van der Waals surface area contributed by atoms with Gasteiger partial charge < -0.3 is 15.2 Å². The zero-order valence-corrected chi connectivity index (χ0v) is 13.9. The molecule has 0 bridgehead atoms. The largest absolute Gasteiger partial charge is 0.480 e. The highest BCUT2D eigenvalue weighted by Gasteiger charge is 2.29. The summed E-state index contributed by atoms with van der Waals surface area (Å²) in [5.41, 5.74) is 4.63. The van der Waals surface area contributed by atoms with Crippen molar-refractivity contribution in [3.05, 3.63) is 59.7 Å². The van der Waals surface area contributed by atoms with Crippen LogP contribution in [0.5, 0.6) is 0 Å². The maximum Gasteiger partial charge on any atom is 0.408 e. The fourth-order valence-electron chi connectivity index (χ4n) is 3.11. The summed E-state index contributed by atoms with van der Waals surface area (Å²) in [5, 5.41) is 13.9. The highest BCUT2D eigenvalue weighted by atomic mass is 16.5. The zero-order chi connectivity index (χ0) is 17.8. The Hall–Kier alpha value is -2.86. The van der Waals surface area contributed by atoms with E-state index in [0.29, 0.717) is 0 Å². The first-order valence-corrected chi connectivity index (χ1v) is 8.13. The van der Waals surface area contributed by atoms with Crippen LogP contribution in [0, 0.1) is 0 Å². The topological polar surface area (TPSA) is 87.7 Å². The van der Waals surface area contributed by atoms with Crippen molar-refractivity contribution in [2.75, 3.05) is 13.2 Å². The first-order chi connectivity index (χ1) is 12.1. The summed E-state index contributed by atoms with van der Waals surface area (Å²) in [4.78, 5) is 22.5. The normalized spacial score (nSPS) is 13.6. The number of aliphatic carboxylic acids is 1. The second-order valence-electron chi connectivity index (χ2n) is 5.97. The lowest BCUT2D eigenvalue weighted by Gasteiger charge is -2.17. The molecule has 2 aromatic carbocycles. The molecule has 2 aromatic rings. The predicted molar refractivity (Wildman–Crippen MR) is 93.3 cm³/mol. The third-order valence-corrected chi connectivity index (χ3v) is 4.24. The first-order valence-electron chi connectivity index (χ1n) is 8.13. The van der Waals surface area contributed by atoms with E-state index in [2.05, 4.69) is 34.9 Å². The highest BCUT2D eigenvalue weighted by molar-refractivity contribution is 5.79. The van der Waals surface area contributed by atoms with Gasteiger partial charge in [0.05, 0.1) is 12.7 Å². The van der Waals surface area contributed by atoms with Crippen molar-refractivity contribution in [2.45, 2.75) is 19.0 Å². The second-order valence-corrected chi connectivity index (χ2v) is 5.97. The molecule has 6 nitrogen and oxygen atoms in total. The van der Waals surface area contributed by atoms with Gasteiger partial charge in [0, 0.05) is 5.92 Å². The van der Waals surface area contributed by atoms with E-state index >= 15 is 0 Å². The highest BCUT2D eigenvalue weighted by Crippen LogP contribution is 2.44. The molecule has 25 heavy (non-hydrogen) atoms. The summed E-state index contributed by atoms with van der Waals surface area (Å²) in [6, 6.07) is 16.2. The van der Waals surface area contributed by atoms with Crippen molar-refractivity contribution in [1.82, 2.24) is 10.6 Å². The van der Waals surface area contributed by atoms with Crippen LogP contribution in [0.4, 0.5) is 4.79 Å². The van der Waals surface area contributed by atoms with Crippen molar-refractivity contribution in [3.8, 4) is 11.1 Å². The van der Waals surface area contributed by atoms with E-state index in [1.807, 2.05) is 24.3 Å². The maximum atomic E-state index is 12.0. The molecule has 0 fully saturated rings. The molecule has 1 aliphatic rings. The van der Waals surface area contributed by atoms with Crippen molar-refractivity contribution >= 4 is 12.1 Å². The Balaban J connectivity index is 1.63. The molecule has 1 unspecified atom stereocenters. The number of benzene rings is 2. The molecule has 0 spiro atoms. The second kappa shape index (κ2) is 7.36. The van der Waals surface area contributed by atoms with Crippen LogP contribution in [0.25, 0.3) is 11.1 Å². The first kappa shape index (κ1) is 17.0. The lowest BCUT2D eigenvalue weighted by Crippen LogP contribution is -2.45. The van der Waals surface area contributed by atoms with E-state index in [1.165, 1.54) is 11.1 Å². The minimum atomic E-state index is -0.985. The van der Waals surface area contributed by atoms with Crippen molar-refractivity contribution in [3.63, 3.8) is 0 Å². The van der Waals surface area contributed by atoms with Crippen molar-refractivity contribution in [2.24, 2.45) is 0 Å². The number of carboxylic acids is 1. The summed E-state index contributed by atoms with van der Waals surface area (Å²) in [6.45, 7) is 1.65.